The lowest BCUT2D eigenvalue weighted by Crippen LogP contribution is -2.40. The molecule has 3 nitrogen and oxygen atoms in total. The molecule has 3 aliphatic carbocycles. The maximum Gasteiger partial charge on any atom is 0.328 e. The van der Waals surface area contributed by atoms with Gasteiger partial charge in [-0.15, -0.1) is 0 Å². The maximum atomic E-state index is 11.2. The molecule has 0 spiro atoms. The summed E-state index contributed by atoms with van der Waals surface area (Å²) in [5.41, 5.74) is 3.98. The Morgan fingerprint density at radius 1 is 1.26 bits per heavy atom. The summed E-state index contributed by atoms with van der Waals surface area (Å²) in [6, 6.07) is 5.87. The summed E-state index contributed by atoms with van der Waals surface area (Å²) in [5, 5.41) is 18.9. The normalized spacial score (nSPS) is 37.1. The second-order valence-electron chi connectivity index (χ2n) is 7.80. The molecule has 3 aliphatic rings. The summed E-state index contributed by atoms with van der Waals surface area (Å²) < 4.78 is 0. The molecule has 4 atom stereocenters. The first-order chi connectivity index (χ1) is 11.0. The van der Waals surface area contributed by atoms with Crippen LogP contribution in [0, 0.1) is 17.3 Å². The summed E-state index contributed by atoms with van der Waals surface area (Å²) in [5.74, 6) is 1.42. The van der Waals surface area contributed by atoms with Gasteiger partial charge in [0, 0.05) is 6.08 Å². The Kier molecular flexibility index (Phi) is 3.29. The zero-order chi connectivity index (χ0) is 16.2. The number of aromatic hydroxyl groups is 1. The largest absolute Gasteiger partial charge is 0.508 e. The number of aryl methyl sites for hydroxylation is 1. The monoisotopic (exact) mass is 312 g/mol. The van der Waals surface area contributed by atoms with Gasteiger partial charge in [0.2, 0.25) is 0 Å². The van der Waals surface area contributed by atoms with E-state index in [-0.39, 0.29) is 5.41 Å². The van der Waals surface area contributed by atoms with Gasteiger partial charge in [-0.25, -0.2) is 4.79 Å². The van der Waals surface area contributed by atoms with E-state index < -0.39 is 5.97 Å². The van der Waals surface area contributed by atoms with Crippen LogP contribution in [0.25, 0.3) is 0 Å². The minimum Gasteiger partial charge on any atom is -0.508 e. The lowest BCUT2D eigenvalue weighted by molar-refractivity contribution is -0.131. The number of hydrogen-bond acceptors (Lipinski definition) is 2. The Hall–Kier alpha value is -1.77. The van der Waals surface area contributed by atoms with Gasteiger partial charge in [-0.1, -0.05) is 18.6 Å². The number of benzene rings is 1. The molecule has 122 valence electrons. The number of carboxylic acid groups (broad SMARTS) is 1. The first kappa shape index (κ1) is 14.8. The van der Waals surface area contributed by atoms with Crippen molar-refractivity contribution >= 4 is 5.97 Å². The molecule has 3 heteroatoms. The number of allylic oxidation sites excluding steroid dienone is 1. The molecule has 0 amide bonds. The van der Waals surface area contributed by atoms with Crippen LogP contribution < -0.4 is 0 Å². The van der Waals surface area contributed by atoms with E-state index in [0.29, 0.717) is 23.5 Å². The number of hydrogen-bond donors (Lipinski definition) is 2. The smallest absolute Gasteiger partial charge is 0.328 e. The molecule has 0 aliphatic heterocycles. The van der Waals surface area contributed by atoms with E-state index >= 15 is 0 Å². The van der Waals surface area contributed by atoms with Crippen LogP contribution in [0.2, 0.25) is 0 Å². The number of rotatable bonds is 1. The van der Waals surface area contributed by atoms with Gasteiger partial charge in [0.05, 0.1) is 0 Å². The van der Waals surface area contributed by atoms with Crippen LogP contribution in [0.4, 0.5) is 0 Å². The van der Waals surface area contributed by atoms with Crippen molar-refractivity contribution in [2.45, 2.75) is 51.4 Å². The van der Waals surface area contributed by atoms with Crippen molar-refractivity contribution in [3.8, 4) is 5.75 Å². The van der Waals surface area contributed by atoms with E-state index in [1.807, 2.05) is 12.1 Å². The van der Waals surface area contributed by atoms with E-state index in [2.05, 4.69) is 13.0 Å². The molecule has 4 rings (SSSR count). The summed E-state index contributed by atoms with van der Waals surface area (Å²) in [7, 11) is 0. The number of phenolic OH excluding ortho intramolecular Hbond substituents is 1. The van der Waals surface area contributed by atoms with E-state index in [0.717, 1.165) is 37.7 Å². The number of aliphatic carboxylic acids is 1. The van der Waals surface area contributed by atoms with E-state index in [4.69, 9.17) is 5.11 Å². The molecule has 0 aromatic heterocycles. The number of fused-ring (bicyclic) bond motifs is 5. The molecule has 2 saturated carbocycles. The van der Waals surface area contributed by atoms with Crippen molar-refractivity contribution in [2.24, 2.45) is 17.3 Å². The van der Waals surface area contributed by atoms with E-state index in [1.165, 1.54) is 23.6 Å². The molecule has 2 fully saturated rings. The fourth-order valence-corrected chi connectivity index (χ4v) is 5.80. The van der Waals surface area contributed by atoms with Crippen LogP contribution >= 0.6 is 0 Å². The Balaban J connectivity index is 1.69. The third-order valence-electron chi connectivity index (χ3n) is 6.86. The average Bonchev–Trinajstić information content (AvgIpc) is 2.83. The highest BCUT2D eigenvalue weighted by Gasteiger charge is 2.52. The number of carbonyl (C=O) groups is 1. The lowest BCUT2D eigenvalue weighted by Gasteiger charge is -2.49. The summed E-state index contributed by atoms with van der Waals surface area (Å²) >= 11 is 0. The molecule has 0 radical (unpaired) electrons. The Morgan fingerprint density at radius 3 is 2.87 bits per heavy atom. The summed E-state index contributed by atoms with van der Waals surface area (Å²) in [4.78, 5) is 11.2. The van der Waals surface area contributed by atoms with Crippen LogP contribution in [-0.4, -0.2) is 16.2 Å². The fourth-order valence-electron chi connectivity index (χ4n) is 5.80. The fraction of sp³-hybridized carbons (Fsp3) is 0.550. The predicted octanol–water partition coefficient (Wildman–Crippen LogP) is 4.26. The Labute approximate surface area is 137 Å². The molecule has 1 aromatic carbocycles. The molecule has 0 saturated heterocycles. The second-order valence-corrected chi connectivity index (χ2v) is 7.80. The third-order valence-corrected chi connectivity index (χ3v) is 6.86. The molecule has 0 heterocycles. The Morgan fingerprint density at radius 2 is 2.09 bits per heavy atom. The minimum absolute atomic E-state index is 0.0774. The second kappa shape index (κ2) is 5.12. The average molecular weight is 312 g/mol. The van der Waals surface area contributed by atoms with E-state index in [1.54, 1.807) is 0 Å². The zero-order valence-electron chi connectivity index (χ0n) is 13.6. The highest BCUT2D eigenvalue weighted by Crippen LogP contribution is 2.62. The van der Waals surface area contributed by atoms with Gasteiger partial charge in [-0.2, -0.15) is 0 Å². The first-order valence-electron chi connectivity index (χ1n) is 8.75. The highest BCUT2D eigenvalue weighted by atomic mass is 16.4. The van der Waals surface area contributed by atoms with Gasteiger partial charge in [-0.3, -0.25) is 0 Å². The van der Waals surface area contributed by atoms with Crippen molar-refractivity contribution in [1.29, 1.82) is 0 Å². The third kappa shape index (κ3) is 2.20. The van der Waals surface area contributed by atoms with Gasteiger partial charge >= 0.3 is 5.97 Å². The number of phenols is 1. The molecular formula is C20H24O3. The number of carboxylic acids is 1. The van der Waals surface area contributed by atoms with Gasteiger partial charge in [-0.05, 0) is 85.0 Å². The predicted molar refractivity (Wildman–Crippen MR) is 88.4 cm³/mol. The van der Waals surface area contributed by atoms with Crippen molar-refractivity contribution in [3.63, 3.8) is 0 Å². The van der Waals surface area contributed by atoms with Crippen LogP contribution in [0.5, 0.6) is 5.75 Å². The van der Waals surface area contributed by atoms with E-state index in [9.17, 15) is 9.90 Å². The van der Waals surface area contributed by atoms with Crippen LogP contribution in [0.3, 0.4) is 0 Å². The van der Waals surface area contributed by atoms with Crippen molar-refractivity contribution in [3.05, 3.63) is 41.0 Å². The molecule has 0 bridgehead atoms. The van der Waals surface area contributed by atoms with Crippen LogP contribution in [-0.2, 0) is 11.2 Å². The molecule has 2 N–H and O–H groups in total. The Bertz CT molecular complexity index is 690. The SMILES string of the molecule is CC12CCC3c4ccc(O)cc4CCC3C1CC/C2=C\C(=O)O. The summed E-state index contributed by atoms with van der Waals surface area (Å²) in [6.45, 7) is 2.29. The maximum absolute atomic E-state index is 11.2. The van der Waals surface area contributed by atoms with Gasteiger partial charge < -0.3 is 10.2 Å². The van der Waals surface area contributed by atoms with Gasteiger partial charge in [0.1, 0.15) is 5.75 Å². The molecule has 23 heavy (non-hydrogen) atoms. The quantitative estimate of drug-likeness (QED) is 0.762. The standard InChI is InChI=1S/C20H24O3/c1-20-9-8-16-15-6-4-14(21)10-12(15)2-5-17(16)18(20)7-3-13(20)11-19(22)23/h4,6,10-11,16-18,21H,2-3,5,7-9H2,1H3,(H,22,23)/b13-11+. The zero-order valence-corrected chi connectivity index (χ0v) is 13.6. The van der Waals surface area contributed by atoms with Crippen molar-refractivity contribution < 1.29 is 15.0 Å². The molecule has 1 aromatic rings. The van der Waals surface area contributed by atoms with Crippen LogP contribution in [0.15, 0.2) is 29.8 Å². The van der Waals surface area contributed by atoms with Crippen molar-refractivity contribution in [2.75, 3.05) is 0 Å². The highest BCUT2D eigenvalue weighted by molar-refractivity contribution is 5.81. The van der Waals surface area contributed by atoms with Gasteiger partial charge in [0.15, 0.2) is 0 Å². The van der Waals surface area contributed by atoms with Crippen LogP contribution in [0.1, 0.15) is 56.1 Å². The van der Waals surface area contributed by atoms with Crippen molar-refractivity contribution in [1.82, 2.24) is 0 Å². The molecular weight excluding hydrogens is 288 g/mol. The molecule has 4 unspecified atom stereocenters. The van der Waals surface area contributed by atoms with Gasteiger partial charge in [0.25, 0.3) is 0 Å². The first-order valence-corrected chi connectivity index (χ1v) is 8.75. The topological polar surface area (TPSA) is 57.5 Å². The lowest BCUT2D eigenvalue weighted by atomic mass is 9.55. The minimum atomic E-state index is -0.798. The summed E-state index contributed by atoms with van der Waals surface area (Å²) in [6.07, 6.45) is 7.97.